The fourth-order valence-electron chi connectivity index (χ4n) is 3.36. The highest BCUT2D eigenvalue weighted by atomic mass is 31.2. The standard InChI is InChI=1S/C17H17FN3O10P/c18-8-1-2-11-9(5-8)10(19-31-11)6-21-13(22)3-4-20(17(21)25)16-15(24)14(23)12(30-16)7-29-32(26,27)28/h1-5,12,14-16,23-24H,6-7H2,(H2,26,27,28)/t12-,14+,15?,16-/m1/s1. The molecule has 1 saturated heterocycles. The van der Waals surface area contributed by atoms with Crippen molar-refractivity contribution in [2.24, 2.45) is 0 Å². The van der Waals surface area contributed by atoms with Crippen molar-refractivity contribution in [1.29, 1.82) is 0 Å². The average Bonchev–Trinajstić information content (AvgIpc) is 3.24. The van der Waals surface area contributed by atoms with Crippen molar-refractivity contribution in [3.63, 3.8) is 0 Å². The third kappa shape index (κ3) is 4.29. The minimum absolute atomic E-state index is 0.109. The van der Waals surface area contributed by atoms with E-state index in [9.17, 15) is 28.8 Å². The fourth-order valence-corrected chi connectivity index (χ4v) is 3.70. The monoisotopic (exact) mass is 473 g/mol. The number of rotatable bonds is 6. The average molecular weight is 473 g/mol. The molecule has 32 heavy (non-hydrogen) atoms. The van der Waals surface area contributed by atoms with Gasteiger partial charge in [0.25, 0.3) is 5.56 Å². The van der Waals surface area contributed by atoms with Crippen LogP contribution in [0.3, 0.4) is 0 Å². The van der Waals surface area contributed by atoms with Crippen LogP contribution in [0.25, 0.3) is 11.0 Å². The number of aliphatic hydroxyl groups excluding tert-OH is 2. The molecule has 0 radical (unpaired) electrons. The van der Waals surface area contributed by atoms with E-state index in [0.717, 1.165) is 33.5 Å². The van der Waals surface area contributed by atoms with Gasteiger partial charge in [-0.1, -0.05) is 5.16 Å². The van der Waals surface area contributed by atoms with E-state index < -0.39 is 56.0 Å². The third-order valence-electron chi connectivity index (χ3n) is 4.93. The van der Waals surface area contributed by atoms with Crippen LogP contribution in [0, 0.1) is 5.82 Å². The van der Waals surface area contributed by atoms with E-state index in [-0.39, 0.29) is 23.2 Å². The van der Waals surface area contributed by atoms with Gasteiger partial charge in [-0.3, -0.25) is 18.5 Å². The Morgan fingerprint density at radius 3 is 2.66 bits per heavy atom. The van der Waals surface area contributed by atoms with Gasteiger partial charge < -0.3 is 29.3 Å². The van der Waals surface area contributed by atoms with Gasteiger partial charge in [-0.05, 0) is 18.2 Å². The van der Waals surface area contributed by atoms with Gasteiger partial charge in [-0.15, -0.1) is 0 Å². The first-order chi connectivity index (χ1) is 15.0. The predicted octanol–water partition coefficient (Wildman–Crippen LogP) is -0.933. The number of aliphatic hydroxyl groups is 2. The fraction of sp³-hybridized carbons (Fsp3) is 0.353. The van der Waals surface area contributed by atoms with Crippen molar-refractivity contribution >= 4 is 18.8 Å². The second-order valence-electron chi connectivity index (χ2n) is 7.03. The van der Waals surface area contributed by atoms with Gasteiger partial charge in [-0.25, -0.2) is 13.8 Å². The number of halogens is 1. The molecule has 4 atom stereocenters. The SMILES string of the molecule is O=c1ccn([C@@H]2O[C@H](COP(=O)(O)O)[C@H](O)C2O)c(=O)n1Cc1noc2ccc(F)cc12. The molecule has 1 fully saturated rings. The summed E-state index contributed by atoms with van der Waals surface area (Å²) in [5.74, 6) is -0.570. The van der Waals surface area contributed by atoms with Gasteiger partial charge in [0, 0.05) is 17.6 Å². The minimum atomic E-state index is -4.87. The summed E-state index contributed by atoms with van der Waals surface area (Å²) in [6.07, 6.45) is -5.12. The molecule has 0 aliphatic carbocycles. The zero-order valence-corrected chi connectivity index (χ0v) is 16.9. The molecule has 1 aromatic carbocycles. The number of benzene rings is 1. The van der Waals surface area contributed by atoms with Crippen molar-refractivity contribution in [2.45, 2.75) is 31.1 Å². The van der Waals surface area contributed by atoms with Gasteiger partial charge in [0.1, 0.15) is 29.8 Å². The summed E-state index contributed by atoms with van der Waals surface area (Å²) in [5.41, 5.74) is -1.32. The summed E-state index contributed by atoms with van der Waals surface area (Å²) in [6, 6.07) is 4.65. The minimum Gasteiger partial charge on any atom is -0.387 e. The summed E-state index contributed by atoms with van der Waals surface area (Å²) < 4.78 is 40.7. The Bertz CT molecular complexity index is 1310. The molecule has 0 saturated carbocycles. The molecule has 4 N–H and O–H groups in total. The zero-order chi connectivity index (χ0) is 23.2. The first-order valence-electron chi connectivity index (χ1n) is 9.12. The topological polar surface area (TPSA) is 186 Å². The summed E-state index contributed by atoms with van der Waals surface area (Å²) in [6.45, 7) is -1.14. The highest BCUT2D eigenvalue weighted by molar-refractivity contribution is 7.46. The van der Waals surface area contributed by atoms with Crippen LogP contribution in [0.15, 0.2) is 44.6 Å². The highest BCUT2D eigenvalue weighted by Gasteiger charge is 2.45. The lowest BCUT2D eigenvalue weighted by Crippen LogP contribution is -2.43. The Kier molecular flexibility index (Phi) is 5.85. The van der Waals surface area contributed by atoms with Crippen molar-refractivity contribution in [3.05, 3.63) is 62.8 Å². The maximum Gasteiger partial charge on any atom is 0.469 e. The van der Waals surface area contributed by atoms with Gasteiger partial charge in [0.05, 0.1) is 13.2 Å². The Labute approximate surface area is 177 Å². The molecule has 1 aliphatic rings. The van der Waals surface area contributed by atoms with Crippen LogP contribution < -0.4 is 11.2 Å². The number of phosphoric ester groups is 1. The number of hydrogen-bond donors (Lipinski definition) is 4. The van der Waals surface area contributed by atoms with Gasteiger partial charge >= 0.3 is 13.5 Å². The van der Waals surface area contributed by atoms with Crippen LogP contribution in [-0.2, 0) is 20.4 Å². The van der Waals surface area contributed by atoms with Crippen LogP contribution in [0.4, 0.5) is 4.39 Å². The van der Waals surface area contributed by atoms with Crippen molar-refractivity contribution < 1.29 is 42.7 Å². The second-order valence-corrected chi connectivity index (χ2v) is 8.27. The molecule has 0 bridgehead atoms. The Morgan fingerprint density at radius 1 is 1.19 bits per heavy atom. The lowest BCUT2D eigenvalue weighted by molar-refractivity contribution is -0.0548. The number of aromatic nitrogens is 3. The summed E-state index contributed by atoms with van der Waals surface area (Å²) >= 11 is 0. The first-order valence-corrected chi connectivity index (χ1v) is 10.7. The van der Waals surface area contributed by atoms with E-state index in [4.69, 9.17) is 19.0 Å². The third-order valence-corrected chi connectivity index (χ3v) is 5.41. The lowest BCUT2D eigenvalue weighted by atomic mass is 10.1. The molecule has 1 unspecified atom stereocenters. The predicted molar refractivity (Wildman–Crippen MR) is 102 cm³/mol. The van der Waals surface area contributed by atoms with E-state index in [1.807, 2.05) is 0 Å². The molecule has 1 aliphatic heterocycles. The van der Waals surface area contributed by atoms with Crippen molar-refractivity contribution in [2.75, 3.05) is 6.61 Å². The molecule has 3 heterocycles. The maximum absolute atomic E-state index is 13.6. The number of phosphoric acid groups is 1. The quantitative estimate of drug-likeness (QED) is 0.324. The number of fused-ring (bicyclic) bond motifs is 1. The van der Waals surface area contributed by atoms with Crippen LogP contribution in [0.5, 0.6) is 0 Å². The van der Waals surface area contributed by atoms with Crippen LogP contribution in [-0.4, -0.2) is 59.2 Å². The molecular formula is C17H17FN3O10P. The van der Waals surface area contributed by atoms with E-state index >= 15 is 0 Å². The van der Waals surface area contributed by atoms with Gasteiger partial charge in [0.15, 0.2) is 11.8 Å². The molecule has 172 valence electrons. The van der Waals surface area contributed by atoms with Gasteiger partial charge in [0.2, 0.25) is 0 Å². The molecule has 15 heteroatoms. The molecule has 4 rings (SSSR count). The zero-order valence-electron chi connectivity index (χ0n) is 16.0. The van der Waals surface area contributed by atoms with Crippen LogP contribution in [0.2, 0.25) is 0 Å². The van der Waals surface area contributed by atoms with E-state index in [0.29, 0.717) is 0 Å². The first kappa shape index (κ1) is 22.5. The Balaban J connectivity index is 1.65. The normalized spacial score (nSPS) is 23.8. The summed E-state index contributed by atoms with van der Waals surface area (Å²) in [4.78, 5) is 42.9. The molecule has 3 aromatic rings. The van der Waals surface area contributed by atoms with E-state index in [1.54, 1.807) is 0 Å². The number of nitrogens with zero attached hydrogens (tertiary/aromatic N) is 3. The van der Waals surface area contributed by atoms with E-state index in [1.165, 1.54) is 6.07 Å². The summed E-state index contributed by atoms with van der Waals surface area (Å²) in [5, 5.41) is 24.4. The largest absolute Gasteiger partial charge is 0.469 e. The Morgan fingerprint density at radius 2 is 1.94 bits per heavy atom. The Hall–Kier alpha value is -2.71. The molecule has 0 amide bonds. The van der Waals surface area contributed by atoms with Crippen molar-refractivity contribution in [3.8, 4) is 0 Å². The number of ether oxygens (including phenoxy) is 1. The highest BCUT2D eigenvalue weighted by Crippen LogP contribution is 2.38. The van der Waals surface area contributed by atoms with Crippen molar-refractivity contribution in [1.82, 2.24) is 14.3 Å². The van der Waals surface area contributed by atoms with Crippen LogP contribution >= 0.6 is 7.82 Å². The second kappa shape index (κ2) is 8.33. The molecule has 13 nitrogen and oxygen atoms in total. The molecule has 0 spiro atoms. The van der Waals surface area contributed by atoms with Gasteiger partial charge in [-0.2, -0.15) is 0 Å². The smallest absolute Gasteiger partial charge is 0.387 e. The molecular weight excluding hydrogens is 456 g/mol. The van der Waals surface area contributed by atoms with Crippen LogP contribution in [0.1, 0.15) is 11.9 Å². The molecule has 2 aromatic heterocycles. The lowest BCUT2D eigenvalue weighted by Gasteiger charge is -2.18. The van der Waals surface area contributed by atoms with E-state index in [2.05, 4.69) is 9.68 Å². The summed E-state index contributed by atoms with van der Waals surface area (Å²) in [7, 11) is -4.87. The number of hydrogen-bond acceptors (Lipinski definition) is 9. The maximum atomic E-state index is 13.6.